The van der Waals surface area contributed by atoms with Crippen LogP contribution in [-0.4, -0.2) is 122 Å². The van der Waals surface area contributed by atoms with E-state index in [0.717, 1.165) is 68.2 Å². The van der Waals surface area contributed by atoms with Gasteiger partial charge in [-0.05, 0) is 75.1 Å². The van der Waals surface area contributed by atoms with Gasteiger partial charge in [0.25, 0.3) is 21.6 Å². The van der Waals surface area contributed by atoms with Crippen molar-refractivity contribution in [2.24, 2.45) is 7.05 Å². The number of benzene rings is 3. The van der Waals surface area contributed by atoms with Crippen molar-refractivity contribution in [1.82, 2.24) is 29.7 Å². The molecule has 3 aliphatic heterocycles. The summed E-state index contributed by atoms with van der Waals surface area (Å²) in [7, 11) is -20.4. The molecular formula is C53H68N9O20P3S+2. The van der Waals surface area contributed by atoms with E-state index >= 15 is 0 Å². The molecule has 0 saturated carbocycles. The van der Waals surface area contributed by atoms with Gasteiger partial charge in [-0.3, -0.25) is 28.2 Å². The highest BCUT2D eigenvalue weighted by Crippen LogP contribution is 2.66. The number of carbonyl (C=O) groups is 2. The Labute approximate surface area is 492 Å². The fourth-order valence-electron chi connectivity index (χ4n) is 10.5. The number of nitrogen functional groups attached to an aromatic ring is 1. The number of nitrogens with one attached hydrogen (secondary N) is 3. The second-order valence-corrected chi connectivity index (χ2v) is 26.5. The van der Waals surface area contributed by atoms with Crippen LogP contribution in [0.2, 0.25) is 0 Å². The molecule has 1 saturated heterocycles. The van der Waals surface area contributed by atoms with Gasteiger partial charge in [0.15, 0.2) is 12.4 Å². The van der Waals surface area contributed by atoms with Crippen LogP contribution in [0.4, 0.5) is 16.4 Å². The number of H-pyrrole nitrogens is 1. The number of ether oxygens (including phenoxy) is 2. The smallest absolute Gasteiger partial charge is 0.456 e. The maximum atomic E-state index is 13.2. The molecule has 1 fully saturated rings. The molecule has 4 aromatic rings. The average molecular weight is 1280 g/mol. The summed E-state index contributed by atoms with van der Waals surface area (Å²) < 4.78 is 105. The first-order chi connectivity index (χ1) is 40.4. The number of rotatable bonds is 24. The maximum absolute atomic E-state index is 13.2. The number of aryl methyl sites for hydroxylation is 1. The maximum Gasteiger partial charge on any atom is 0.490 e. The molecule has 464 valence electrons. The molecule has 0 spiro atoms. The summed E-state index contributed by atoms with van der Waals surface area (Å²) in [6.45, 7) is 11.0. The van der Waals surface area contributed by atoms with Crippen LogP contribution in [0.25, 0.3) is 39.9 Å². The summed E-state index contributed by atoms with van der Waals surface area (Å²) in [5.41, 5.74) is 10.3. The Morgan fingerprint density at radius 1 is 0.965 bits per heavy atom. The first kappa shape index (κ1) is 65.3. The Morgan fingerprint density at radius 2 is 1.67 bits per heavy atom. The highest BCUT2D eigenvalue weighted by atomic mass is 32.2. The third-order valence-electron chi connectivity index (χ3n) is 14.5. The monoisotopic (exact) mass is 1280 g/mol. The van der Waals surface area contributed by atoms with E-state index in [9.17, 15) is 55.9 Å². The summed E-state index contributed by atoms with van der Waals surface area (Å²) in [5, 5.41) is 17.5. The topological polar surface area (TPSA) is 411 Å². The zero-order valence-electron chi connectivity index (χ0n) is 47.5. The van der Waals surface area contributed by atoms with Gasteiger partial charge in [-0.2, -0.15) is 17.0 Å². The second-order valence-electron chi connectivity index (χ2n) is 20.7. The number of aliphatic hydroxyl groups is 1. The Balaban J connectivity index is 0.901. The van der Waals surface area contributed by atoms with Gasteiger partial charge in [-0.1, -0.05) is 67.7 Å². The van der Waals surface area contributed by atoms with Gasteiger partial charge in [-0.15, -0.1) is 0 Å². The van der Waals surface area contributed by atoms with E-state index in [2.05, 4.69) is 75.3 Å². The first-order valence-corrected chi connectivity index (χ1v) is 33.0. The lowest BCUT2D eigenvalue weighted by Crippen LogP contribution is -2.49. The first-order valence-electron chi connectivity index (χ1n) is 27.0. The third-order valence-corrected chi connectivity index (χ3v) is 19.1. The van der Waals surface area contributed by atoms with Crippen LogP contribution in [0.15, 0.2) is 105 Å². The number of allylic oxidation sites excluding steroid dienone is 3. The molecular weight excluding hydrogens is 1210 g/mol. The zero-order chi connectivity index (χ0) is 62.7. The molecule has 2 unspecified atom stereocenters. The molecule has 2 aromatic carbocycles. The lowest BCUT2D eigenvalue weighted by molar-refractivity contribution is -0.745. The van der Waals surface area contributed by atoms with E-state index in [1.807, 2.05) is 69.3 Å². The quantitative estimate of drug-likeness (QED) is 0.0171. The second kappa shape index (κ2) is 26.3. The summed E-state index contributed by atoms with van der Waals surface area (Å²) in [6, 6.07) is 20.7. The minimum absolute atomic E-state index is 0.0489. The molecule has 5 heterocycles. The third kappa shape index (κ3) is 15.2. The molecule has 33 heteroatoms. The number of phosphoric ester groups is 1. The van der Waals surface area contributed by atoms with Crippen molar-refractivity contribution in [3.8, 4) is 22.6 Å². The number of aromatic amines is 1. The van der Waals surface area contributed by atoms with Gasteiger partial charge >= 0.3 is 35.2 Å². The Hall–Kier alpha value is -6.72. The number of anilines is 2. The van der Waals surface area contributed by atoms with Crippen LogP contribution < -0.4 is 41.3 Å². The van der Waals surface area contributed by atoms with Gasteiger partial charge < -0.3 is 59.8 Å². The number of aliphatic hydroxyl groups excluding tert-OH is 1. The van der Waals surface area contributed by atoms with Crippen molar-refractivity contribution in [3.05, 3.63) is 123 Å². The number of hydrogen-bond donors (Lipinski definition) is 10. The fourth-order valence-corrected chi connectivity index (χ4v) is 14.0. The highest BCUT2D eigenvalue weighted by Gasteiger charge is 2.52. The molecule has 86 heavy (non-hydrogen) atoms. The Bertz CT molecular complexity index is 3970. The number of amides is 2. The Kier molecular flexibility index (Phi) is 20.0. The SMILES string of the molecule is CC[N+](CC)=c1ccc2c(/C=C/C=C3/N(CCCCCC(=O)NCCNC(=O)O[C@@H]4[C@H](O)[C@@H](COP(=O)(O)OP(=O)(O)OP(=O)(O)O)O[C@H]4[n+]4cn(C)c5c(=O)[nH]c(N)nc54)c4ccc(S(=O)(=O)O)cc4C3(C)C)c(C)c(-c3ccccc3)oc-2c1. The lowest BCUT2D eigenvalue weighted by atomic mass is 9.83. The predicted octanol–water partition coefficient (Wildman–Crippen LogP) is 4.63. The number of phosphoric acid groups is 3. The van der Waals surface area contributed by atoms with E-state index < -0.39 is 81.8 Å². The van der Waals surface area contributed by atoms with Crippen LogP contribution in [-0.2, 0) is 63.7 Å². The molecule has 8 rings (SSSR count). The van der Waals surface area contributed by atoms with Crippen LogP contribution in [0, 0.1) is 6.92 Å². The van der Waals surface area contributed by atoms with Crippen molar-refractivity contribution in [3.63, 3.8) is 0 Å². The number of nitrogens with two attached hydrogens (primary N) is 1. The molecule has 6 atom stereocenters. The standard InChI is InChI=1S/C53H66N9O20P3S/c1-7-60(8-2)34-21-23-37-36(32(3)46(78-40(37)28-34)33-16-11-9-12-17-33)18-15-19-42-53(4,5)38-29-35(86(74,75)76)22-24-39(38)61(42)27-14-10-13-20-43(63)55-25-26-56-52(66)80-47-45(64)41(30-77-84(70,71)82-85(72,73)81-83(67,68)69)79-50(47)62-31-59(6)44-48(62)57-51(54)58-49(44)65/h9,11-12,15-19,21-24,28-29,31,41,45,47,50,64H,7-8,10,13-14,20,25-27,30H2,1-6H3,(H8-2,54,55,56,57,58,63,65,66,67,68,69,70,71,72,73,74,75,76)/p+2/t41-,45-,47-,50-/m1/s1. The molecule has 4 aliphatic rings. The van der Waals surface area contributed by atoms with Crippen LogP contribution in [0.1, 0.15) is 76.3 Å². The number of nitrogens with zero attached hydrogens (tertiary/aromatic N) is 5. The number of fused-ring (bicyclic) bond motifs is 3. The van der Waals surface area contributed by atoms with Crippen molar-refractivity contribution >= 4 is 74.5 Å². The van der Waals surface area contributed by atoms with E-state index in [1.165, 1.54) is 30.1 Å². The molecule has 0 bridgehead atoms. The van der Waals surface area contributed by atoms with Crippen LogP contribution in [0.3, 0.4) is 0 Å². The van der Waals surface area contributed by atoms with E-state index in [0.29, 0.717) is 31.4 Å². The molecule has 1 aliphatic carbocycles. The highest BCUT2D eigenvalue weighted by molar-refractivity contribution is 7.85. The van der Waals surface area contributed by atoms with Gasteiger partial charge in [0.2, 0.25) is 23.0 Å². The minimum atomic E-state index is -5.91. The number of hydrogen-bond acceptors (Lipinski definition) is 18. The lowest BCUT2D eigenvalue weighted by Gasteiger charge is -2.27. The van der Waals surface area contributed by atoms with Gasteiger partial charge in [0, 0.05) is 65.6 Å². The predicted molar refractivity (Wildman–Crippen MR) is 311 cm³/mol. The number of carbonyl (C=O) groups excluding carboxylic acids is 2. The van der Waals surface area contributed by atoms with Gasteiger partial charge in [0.05, 0.1) is 24.6 Å². The molecule has 2 amide bonds. The van der Waals surface area contributed by atoms with E-state index in [-0.39, 0.29) is 47.4 Å². The minimum Gasteiger partial charge on any atom is -0.456 e. The summed E-state index contributed by atoms with van der Waals surface area (Å²) >= 11 is 0. The largest absolute Gasteiger partial charge is 0.490 e. The average Bonchev–Trinajstić information content (AvgIpc) is 1.63. The molecule has 29 nitrogen and oxygen atoms in total. The fraction of sp³-hybridized carbons (Fsp3) is 0.396. The van der Waals surface area contributed by atoms with Gasteiger partial charge in [-0.25, -0.2) is 27.6 Å². The molecule has 11 N–H and O–H groups in total. The summed E-state index contributed by atoms with van der Waals surface area (Å²) in [4.78, 5) is 84.7. The zero-order valence-corrected chi connectivity index (χ0v) is 51.0. The van der Waals surface area contributed by atoms with E-state index in [1.54, 1.807) is 6.07 Å². The summed E-state index contributed by atoms with van der Waals surface area (Å²) in [5.74, 6) is 0.794. The van der Waals surface area contributed by atoms with Crippen molar-refractivity contribution in [2.75, 3.05) is 50.0 Å². The van der Waals surface area contributed by atoms with Crippen molar-refractivity contribution in [1.29, 1.82) is 0 Å². The van der Waals surface area contributed by atoms with Gasteiger partial charge in [0.1, 0.15) is 36.8 Å². The van der Waals surface area contributed by atoms with Crippen molar-refractivity contribution in [2.45, 2.75) is 95.2 Å². The number of alkyl carbamates (subject to hydrolysis) is 1. The normalized spacial score (nSPS) is 19.7. The number of unbranched alkanes of at least 4 members (excludes halogenated alkanes) is 2. The number of aromatic nitrogens is 4. The van der Waals surface area contributed by atoms with Crippen LogP contribution in [0.5, 0.6) is 0 Å². The Morgan fingerprint density at radius 3 is 2.36 bits per heavy atom. The number of imidazole rings is 1. The molecule has 0 radical (unpaired) electrons. The van der Waals surface area contributed by atoms with Crippen molar-refractivity contribution < 1.29 is 92.5 Å². The summed E-state index contributed by atoms with van der Waals surface area (Å²) in [6.07, 6.45) is 1.04. The van der Waals surface area contributed by atoms with Crippen LogP contribution >= 0.6 is 23.5 Å². The van der Waals surface area contributed by atoms with E-state index in [4.69, 9.17) is 29.4 Å². The molecule has 2 aromatic heterocycles.